The number of aryl methyl sites for hydroxylation is 1. The maximum absolute atomic E-state index is 11.9. The molecule has 3 nitrogen and oxygen atoms in total. The summed E-state index contributed by atoms with van der Waals surface area (Å²) in [7, 11) is -3.27. The zero-order valence-corrected chi connectivity index (χ0v) is 9.16. The molecule has 0 N–H and O–H groups in total. The van der Waals surface area contributed by atoms with Gasteiger partial charge in [0.25, 0.3) is 0 Å². The molecule has 0 amide bonds. The fourth-order valence-electron chi connectivity index (χ4n) is 1.55. The molecule has 0 saturated heterocycles. The third kappa shape index (κ3) is 1.75. The molecule has 2 atom stereocenters. The molecule has 0 radical (unpaired) electrons. The number of sulfone groups is 1. The number of nitrogens with zero attached hydrogens (tertiary/aromatic N) is 1. The van der Waals surface area contributed by atoms with Crippen LogP contribution in [0.3, 0.4) is 0 Å². The number of hydrogen-bond donors (Lipinski definition) is 0. The Kier molecular flexibility index (Phi) is 2.28. The van der Waals surface area contributed by atoms with Gasteiger partial charge in [-0.05, 0) is 25.5 Å². The lowest BCUT2D eigenvalue weighted by molar-refractivity contribution is 0.593. The summed E-state index contributed by atoms with van der Waals surface area (Å²) in [5.74, 6) is -0.309. The van der Waals surface area contributed by atoms with Crippen molar-refractivity contribution in [3.05, 3.63) is 29.8 Å². The lowest BCUT2D eigenvalue weighted by Gasteiger charge is -2.02. The average Bonchev–Trinajstić information content (AvgIpc) is 2.98. The zero-order chi connectivity index (χ0) is 11.1. The van der Waals surface area contributed by atoms with Gasteiger partial charge in [-0.3, -0.25) is 0 Å². The maximum Gasteiger partial charge on any atom is 0.182 e. The van der Waals surface area contributed by atoms with E-state index in [1.54, 1.807) is 24.3 Å². The Bertz CT molecular complexity index is 511. The summed E-state index contributed by atoms with van der Waals surface area (Å²) in [6.45, 7) is 1.91. The van der Waals surface area contributed by atoms with Gasteiger partial charge in [-0.15, -0.1) is 0 Å². The highest BCUT2D eigenvalue weighted by molar-refractivity contribution is 7.92. The van der Waals surface area contributed by atoms with Gasteiger partial charge in [0.2, 0.25) is 0 Å². The van der Waals surface area contributed by atoms with E-state index in [2.05, 4.69) is 0 Å². The summed E-state index contributed by atoms with van der Waals surface area (Å²) in [5, 5.41) is 8.14. The summed E-state index contributed by atoms with van der Waals surface area (Å²) in [4.78, 5) is 0.329. The highest BCUT2D eigenvalue weighted by Gasteiger charge is 2.48. The van der Waals surface area contributed by atoms with E-state index in [0.29, 0.717) is 11.3 Å². The fraction of sp³-hybridized carbons (Fsp3) is 0.364. The molecule has 0 bridgehead atoms. The van der Waals surface area contributed by atoms with E-state index >= 15 is 0 Å². The summed E-state index contributed by atoms with van der Waals surface area (Å²) >= 11 is 0. The third-order valence-corrected chi connectivity index (χ3v) is 4.89. The van der Waals surface area contributed by atoms with Gasteiger partial charge in [-0.2, -0.15) is 5.26 Å². The molecular weight excluding hydrogens is 210 g/mol. The highest BCUT2D eigenvalue weighted by Crippen LogP contribution is 2.39. The van der Waals surface area contributed by atoms with Crippen molar-refractivity contribution in [3.8, 4) is 6.07 Å². The van der Waals surface area contributed by atoms with Gasteiger partial charge in [0.15, 0.2) is 9.84 Å². The first-order valence-corrected chi connectivity index (χ1v) is 6.30. The van der Waals surface area contributed by atoms with Crippen LogP contribution in [0.1, 0.15) is 12.0 Å². The topological polar surface area (TPSA) is 57.9 Å². The molecule has 0 aliphatic heterocycles. The summed E-state index contributed by atoms with van der Waals surface area (Å²) in [5.41, 5.74) is 1.03. The van der Waals surface area contributed by atoms with Gasteiger partial charge in [0, 0.05) is 0 Å². The van der Waals surface area contributed by atoms with E-state index in [1.165, 1.54) is 0 Å². The van der Waals surface area contributed by atoms with Crippen molar-refractivity contribution in [1.82, 2.24) is 0 Å². The second-order valence-electron chi connectivity index (χ2n) is 3.87. The van der Waals surface area contributed by atoms with Gasteiger partial charge in [-0.25, -0.2) is 8.42 Å². The normalized spacial score (nSPS) is 24.5. The number of benzene rings is 1. The summed E-state index contributed by atoms with van der Waals surface area (Å²) in [6.07, 6.45) is 0.479. The van der Waals surface area contributed by atoms with Crippen molar-refractivity contribution in [2.45, 2.75) is 23.5 Å². The molecule has 78 valence electrons. The molecule has 2 unspecified atom stereocenters. The maximum atomic E-state index is 11.9. The monoisotopic (exact) mass is 221 g/mol. The first-order valence-electron chi connectivity index (χ1n) is 4.76. The van der Waals surface area contributed by atoms with Crippen molar-refractivity contribution in [2.24, 2.45) is 5.92 Å². The standard InChI is InChI=1S/C11H11NO2S/c1-8-2-4-10(5-3-8)15(13,14)11-6-9(11)7-12/h2-5,9,11H,6H2,1H3. The van der Waals surface area contributed by atoms with E-state index in [9.17, 15) is 8.42 Å². The summed E-state index contributed by atoms with van der Waals surface area (Å²) in [6, 6.07) is 8.76. The number of rotatable bonds is 2. The van der Waals surface area contributed by atoms with Crippen LogP contribution in [0.4, 0.5) is 0 Å². The molecule has 15 heavy (non-hydrogen) atoms. The van der Waals surface area contributed by atoms with Crippen LogP contribution in [0.2, 0.25) is 0 Å². The van der Waals surface area contributed by atoms with Gasteiger partial charge >= 0.3 is 0 Å². The molecule has 1 aliphatic rings. The number of hydrogen-bond acceptors (Lipinski definition) is 3. The second kappa shape index (κ2) is 3.35. The molecule has 1 aromatic carbocycles. The van der Waals surface area contributed by atoms with Crippen LogP contribution in [0, 0.1) is 24.2 Å². The molecule has 1 aromatic rings. The summed E-state index contributed by atoms with van der Waals surface area (Å²) < 4.78 is 23.8. The van der Waals surface area contributed by atoms with Crippen LogP contribution < -0.4 is 0 Å². The molecule has 2 rings (SSSR count). The Morgan fingerprint density at radius 3 is 2.40 bits per heavy atom. The van der Waals surface area contributed by atoms with E-state index in [1.807, 2.05) is 13.0 Å². The minimum absolute atomic E-state index is 0.309. The Hall–Kier alpha value is -1.34. The van der Waals surface area contributed by atoms with Crippen molar-refractivity contribution in [3.63, 3.8) is 0 Å². The minimum atomic E-state index is -3.27. The SMILES string of the molecule is Cc1ccc(S(=O)(=O)C2CC2C#N)cc1. The van der Waals surface area contributed by atoms with E-state index < -0.39 is 15.1 Å². The van der Waals surface area contributed by atoms with E-state index in [-0.39, 0.29) is 5.92 Å². The molecule has 1 aliphatic carbocycles. The second-order valence-corrected chi connectivity index (χ2v) is 6.03. The predicted octanol–water partition coefficient (Wildman–Crippen LogP) is 1.68. The van der Waals surface area contributed by atoms with Gasteiger partial charge in [0.1, 0.15) is 0 Å². The third-order valence-electron chi connectivity index (χ3n) is 2.65. The van der Waals surface area contributed by atoms with Crippen molar-refractivity contribution < 1.29 is 8.42 Å². The van der Waals surface area contributed by atoms with Gasteiger partial charge < -0.3 is 0 Å². The molecule has 0 spiro atoms. The molecular formula is C11H11NO2S. The molecule has 4 heteroatoms. The van der Waals surface area contributed by atoms with Gasteiger partial charge in [-0.1, -0.05) is 17.7 Å². The van der Waals surface area contributed by atoms with Crippen LogP contribution in [0.25, 0.3) is 0 Å². The van der Waals surface area contributed by atoms with Crippen molar-refractivity contribution >= 4 is 9.84 Å². The zero-order valence-electron chi connectivity index (χ0n) is 8.34. The Morgan fingerprint density at radius 1 is 1.33 bits per heavy atom. The lowest BCUT2D eigenvalue weighted by atomic mass is 10.2. The minimum Gasteiger partial charge on any atom is -0.223 e. The Morgan fingerprint density at radius 2 is 1.93 bits per heavy atom. The first kappa shape index (κ1) is 10.2. The predicted molar refractivity (Wildman–Crippen MR) is 55.9 cm³/mol. The lowest BCUT2D eigenvalue weighted by Crippen LogP contribution is -2.09. The van der Waals surface area contributed by atoms with E-state index in [4.69, 9.17) is 5.26 Å². The van der Waals surface area contributed by atoms with Crippen LogP contribution in [-0.2, 0) is 9.84 Å². The Balaban J connectivity index is 2.32. The van der Waals surface area contributed by atoms with Crippen LogP contribution in [0.15, 0.2) is 29.2 Å². The molecule has 1 saturated carbocycles. The largest absolute Gasteiger partial charge is 0.223 e. The van der Waals surface area contributed by atoms with Crippen LogP contribution in [0.5, 0.6) is 0 Å². The Labute approximate surface area is 89.3 Å². The molecule has 0 heterocycles. The van der Waals surface area contributed by atoms with Crippen molar-refractivity contribution in [2.75, 3.05) is 0 Å². The average molecular weight is 221 g/mol. The molecule has 0 aromatic heterocycles. The quantitative estimate of drug-likeness (QED) is 0.763. The number of nitriles is 1. The smallest absolute Gasteiger partial charge is 0.182 e. The molecule has 1 fully saturated rings. The highest BCUT2D eigenvalue weighted by atomic mass is 32.2. The van der Waals surface area contributed by atoms with Gasteiger partial charge in [0.05, 0.1) is 22.1 Å². The first-order chi connectivity index (χ1) is 7.05. The van der Waals surface area contributed by atoms with Crippen LogP contribution >= 0.6 is 0 Å². The van der Waals surface area contributed by atoms with E-state index in [0.717, 1.165) is 5.56 Å². The van der Waals surface area contributed by atoms with Crippen molar-refractivity contribution in [1.29, 1.82) is 5.26 Å². The van der Waals surface area contributed by atoms with Crippen LogP contribution in [-0.4, -0.2) is 13.7 Å². The fourth-order valence-corrected chi connectivity index (χ4v) is 3.37.